The SMILES string of the molecule is CC(C)(C)OC(=O)N=C(N)c1ccc2c(c1)C(CCNC(=O)c1cnc3sc4ccccc4n3c1=O)CO2. The van der Waals surface area contributed by atoms with Gasteiger partial charge in [0.2, 0.25) is 0 Å². The zero-order chi connectivity index (χ0) is 27.0. The summed E-state index contributed by atoms with van der Waals surface area (Å²) in [5, 5.41) is 2.83. The van der Waals surface area contributed by atoms with E-state index in [0.29, 0.717) is 35.8 Å². The molecule has 11 heteroatoms. The van der Waals surface area contributed by atoms with Crippen LogP contribution in [0.5, 0.6) is 5.75 Å². The number of carbonyl (C=O) groups excluding carboxylic acids is 2. The van der Waals surface area contributed by atoms with E-state index < -0.39 is 23.2 Å². The number of ether oxygens (including phenoxy) is 2. The molecule has 0 fully saturated rings. The average Bonchev–Trinajstić information content (AvgIpc) is 3.44. The second-order valence-electron chi connectivity index (χ2n) is 9.95. The van der Waals surface area contributed by atoms with Crippen LogP contribution in [0.25, 0.3) is 15.2 Å². The Balaban J connectivity index is 1.27. The first-order valence-electron chi connectivity index (χ1n) is 12.1. The summed E-state index contributed by atoms with van der Waals surface area (Å²) in [5.74, 6) is 0.272. The number of amides is 2. The summed E-state index contributed by atoms with van der Waals surface area (Å²) in [6.45, 7) is 6.02. The topological polar surface area (TPSA) is 137 Å². The van der Waals surface area contributed by atoms with Crippen LogP contribution in [0.1, 0.15) is 54.6 Å². The Bertz CT molecular complexity index is 1650. The molecule has 0 saturated heterocycles. The van der Waals surface area contributed by atoms with Gasteiger partial charge in [0.1, 0.15) is 22.7 Å². The number of nitrogens with zero attached hydrogens (tertiary/aromatic N) is 3. The van der Waals surface area contributed by atoms with Crippen LogP contribution >= 0.6 is 11.3 Å². The Hall–Kier alpha value is -4.25. The molecule has 2 aromatic carbocycles. The fourth-order valence-corrected chi connectivity index (χ4v) is 5.27. The molecule has 4 aromatic rings. The van der Waals surface area contributed by atoms with Gasteiger partial charge in [-0.3, -0.25) is 14.0 Å². The third-order valence-corrected chi connectivity index (χ3v) is 7.09. The van der Waals surface area contributed by atoms with Gasteiger partial charge >= 0.3 is 6.09 Å². The monoisotopic (exact) mass is 533 g/mol. The lowest BCUT2D eigenvalue weighted by Crippen LogP contribution is -2.32. The van der Waals surface area contributed by atoms with E-state index in [4.69, 9.17) is 15.2 Å². The lowest BCUT2D eigenvalue weighted by molar-refractivity contribution is 0.0604. The summed E-state index contributed by atoms with van der Waals surface area (Å²) >= 11 is 1.40. The quantitative estimate of drug-likeness (QED) is 0.294. The van der Waals surface area contributed by atoms with Crippen molar-refractivity contribution in [3.63, 3.8) is 0 Å². The van der Waals surface area contributed by atoms with Gasteiger partial charge in [-0.2, -0.15) is 4.99 Å². The lowest BCUT2D eigenvalue weighted by atomic mass is 9.96. The van der Waals surface area contributed by atoms with Crippen molar-refractivity contribution >= 4 is 44.4 Å². The van der Waals surface area contributed by atoms with Crippen LogP contribution in [0.4, 0.5) is 4.79 Å². The highest BCUT2D eigenvalue weighted by Gasteiger charge is 2.26. The summed E-state index contributed by atoms with van der Waals surface area (Å²) in [7, 11) is 0. The first-order valence-corrected chi connectivity index (χ1v) is 12.9. The standard InChI is InChI=1S/C27H27N5O5S/c1-27(2,3)37-26(35)31-22(28)15-8-9-20-17(12-15)16(14-36-20)10-11-29-23(33)18-13-30-25-32(24(18)34)19-6-4-5-7-21(19)38-25/h4-9,12-13,16H,10-11,14H2,1-3H3,(H,29,33)(H2,28,31,35). The number of hydrogen-bond donors (Lipinski definition) is 2. The van der Waals surface area contributed by atoms with Crippen molar-refractivity contribution in [2.75, 3.05) is 13.2 Å². The summed E-state index contributed by atoms with van der Waals surface area (Å²) < 4.78 is 13.4. The van der Waals surface area contributed by atoms with Crippen LogP contribution in [0.3, 0.4) is 0 Å². The number of hydrogen-bond acceptors (Lipinski definition) is 7. The van der Waals surface area contributed by atoms with E-state index in [2.05, 4.69) is 15.3 Å². The molecule has 0 saturated carbocycles. The number of para-hydroxylation sites is 1. The zero-order valence-electron chi connectivity index (χ0n) is 21.2. The molecule has 0 spiro atoms. The molecule has 0 radical (unpaired) electrons. The molecule has 2 amide bonds. The zero-order valence-corrected chi connectivity index (χ0v) is 22.0. The third-order valence-electron chi connectivity index (χ3n) is 6.05. The fourth-order valence-electron chi connectivity index (χ4n) is 4.29. The Morgan fingerprint density at radius 3 is 2.84 bits per heavy atom. The normalized spacial score (nSPS) is 15.3. The minimum atomic E-state index is -0.759. The fraction of sp³-hybridized carbons (Fsp3) is 0.296. The maximum absolute atomic E-state index is 13.1. The van der Waals surface area contributed by atoms with Gasteiger partial charge in [0.05, 0.1) is 16.8 Å². The van der Waals surface area contributed by atoms with Gasteiger partial charge in [-0.25, -0.2) is 9.78 Å². The number of rotatable bonds is 5. The molecule has 1 unspecified atom stereocenters. The van der Waals surface area contributed by atoms with E-state index in [0.717, 1.165) is 15.8 Å². The Morgan fingerprint density at radius 2 is 2.05 bits per heavy atom. The van der Waals surface area contributed by atoms with Gasteiger partial charge < -0.3 is 20.5 Å². The molecule has 3 N–H and O–H groups in total. The number of aliphatic imine (C=N–C) groups is 1. The lowest BCUT2D eigenvalue weighted by Gasteiger charge is -2.17. The van der Waals surface area contributed by atoms with Crippen LogP contribution in [-0.4, -0.2) is 46.0 Å². The number of aromatic nitrogens is 2. The largest absolute Gasteiger partial charge is 0.493 e. The van der Waals surface area contributed by atoms with Crippen LogP contribution in [0.2, 0.25) is 0 Å². The van der Waals surface area contributed by atoms with Gasteiger partial charge in [0.25, 0.3) is 11.5 Å². The van der Waals surface area contributed by atoms with Crippen LogP contribution < -0.4 is 21.3 Å². The number of amidine groups is 1. The maximum atomic E-state index is 13.1. The highest BCUT2D eigenvalue weighted by Crippen LogP contribution is 2.36. The van der Waals surface area contributed by atoms with Crippen molar-refractivity contribution in [1.29, 1.82) is 0 Å². The number of nitrogens with one attached hydrogen (secondary N) is 1. The third kappa shape index (κ3) is 5.10. The van der Waals surface area contributed by atoms with E-state index in [9.17, 15) is 14.4 Å². The summed E-state index contributed by atoms with van der Waals surface area (Å²) in [6.07, 6.45) is 1.14. The van der Waals surface area contributed by atoms with Gasteiger partial charge in [0, 0.05) is 29.8 Å². The Labute approximate surface area is 222 Å². The van der Waals surface area contributed by atoms with E-state index in [1.54, 1.807) is 32.9 Å². The molecular formula is C27H27N5O5S. The van der Waals surface area contributed by atoms with E-state index >= 15 is 0 Å². The van der Waals surface area contributed by atoms with Crippen molar-refractivity contribution < 1.29 is 19.1 Å². The summed E-state index contributed by atoms with van der Waals surface area (Å²) in [5.41, 5.74) is 7.18. The van der Waals surface area contributed by atoms with E-state index in [1.807, 2.05) is 30.3 Å². The molecule has 196 valence electrons. The van der Waals surface area contributed by atoms with Crippen LogP contribution in [0.15, 0.2) is 58.4 Å². The summed E-state index contributed by atoms with van der Waals surface area (Å²) in [4.78, 5) is 46.7. The second-order valence-corrected chi connectivity index (χ2v) is 11.0. The van der Waals surface area contributed by atoms with Crippen molar-refractivity contribution in [3.8, 4) is 5.75 Å². The maximum Gasteiger partial charge on any atom is 0.436 e. The Morgan fingerprint density at radius 1 is 1.26 bits per heavy atom. The van der Waals surface area contributed by atoms with Crippen molar-refractivity contribution in [2.45, 2.75) is 38.7 Å². The second kappa shape index (κ2) is 9.90. The van der Waals surface area contributed by atoms with Gasteiger partial charge in [-0.05, 0) is 57.5 Å². The van der Waals surface area contributed by atoms with Crippen molar-refractivity contribution in [1.82, 2.24) is 14.7 Å². The first-order chi connectivity index (χ1) is 18.1. The molecule has 5 rings (SSSR count). The first kappa shape index (κ1) is 25.4. The Kier molecular flexibility index (Phi) is 6.62. The summed E-state index contributed by atoms with van der Waals surface area (Å²) in [6, 6.07) is 12.8. The van der Waals surface area contributed by atoms with Crippen LogP contribution in [-0.2, 0) is 4.74 Å². The predicted octanol–water partition coefficient (Wildman–Crippen LogP) is 3.85. The number of carbonyl (C=O) groups is 2. The number of benzene rings is 2. The number of nitrogens with two attached hydrogens (primary N) is 1. The van der Waals surface area contributed by atoms with Crippen molar-refractivity contribution in [2.24, 2.45) is 10.7 Å². The molecule has 1 aliphatic rings. The minimum Gasteiger partial charge on any atom is -0.493 e. The molecule has 38 heavy (non-hydrogen) atoms. The molecule has 1 atom stereocenters. The van der Waals surface area contributed by atoms with E-state index in [-0.39, 0.29) is 17.3 Å². The highest BCUT2D eigenvalue weighted by molar-refractivity contribution is 7.23. The van der Waals surface area contributed by atoms with Crippen LogP contribution in [0, 0.1) is 0 Å². The molecule has 2 aromatic heterocycles. The average molecular weight is 534 g/mol. The molecule has 0 bridgehead atoms. The smallest absolute Gasteiger partial charge is 0.436 e. The molecule has 3 heterocycles. The van der Waals surface area contributed by atoms with Gasteiger partial charge in [-0.15, -0.1) is 0 Å². The minimum absolute atomic E-state index is 0.0115. The van der Waals surface area contributed by atoms with Crippen molar-refractivity contribution in [3.05, 3.63) is 75.7 Å². The highest BCUT2D eigenvalue weighted by atomic mass is 32.1. The molecular weight excluding hydrogens is 506 g/mol. The van der Waals surface area contributed by atoms with Gasteiger partial charge in [-0.1, -0.05) is 23.5 Å². The number of thiazole rings is 1. The van der Waals surface area contributed by atoms with Gasteiger partial charge in [0.15, 0.2) is 4.96 Å². The molecule has 10 nitrogen and oxygen atoms in total. The van der Waals surface area contributed by atoms with E-state index in [1.165, 1.54) is 21.9 Å². The predicted molar refractivity (Wildman–Crippen MR) is 145 cm³/mol. The molecule has 0 aliphatic carbocycles. The molecule has 1 aliphatic heterocycles. The number of fused-ring (bicyclic) bond motifs is 4.